The van der Waals surface area contributed by atoms with Crippen LogP contribution in [-0.2, 0) is 5.41 Å². The first-order valence-electron chi connectivity index (χ1n) is 22.6. The zero-order valence-electron chi connectivity index (χ0n) is 36.2. The largest absolute Gasteiger partial charge is 0.310 e. The second-order valence-electron chi connectivity index (χ2n) is 17.3. The Hall–Kier alpha value is -8.26. The maximum atomic E-state index is 2.43. The van der Waals surface area contributed by atoms with Crippen LogP contribution in [0.2, 0.25) is 0 Å². The molecule has 0 heterocycles. The van der Waals surface area contributed by atoms with Crippen LogP contribution in [0.25, 0.3) is 77.2 Å². The zero-order chi connectivity index (χ0) is 43.3. The molecular weight excluding hydrogens is 783 g/mol. The van der Waals surface area contributed by atoms with Crippen LogP contribution in [0.1, 0.15) is 23.6 Å². The van der Waals surface area contributed by atoms with Gasteiger partial charge in [0, 0.05) is 22.2 Å². The van der Waals surface area contributed by atoms with Crippen molar-refractivity contribution in [3.63, 3.8) is 0 Å². The van der Waals surface area contributed by atoms with E-state index in [0.717, 1.165) is 17.1 Å². The highest BCUT2D eigenvalue weighted by Crippen LogP contribution is 2.56. The fourth-order valence-corrected chi connectivity index (χ4v) is 10.6. The summed E-state index contributed by atoms with van der Waals surface area (Å²) in [5.74, 6) is 0. The van der Waals surface area contributed by atoms with E-state index >= 15 is 0 Å². The maximum absolute atomic E-state index is 2.43. The topological polar surface area (TPSA) is 3.24 Å². The number of nitrogens with zero attached hydrogens (tertiary/aromatic N) is 1. The monoisotopic (exact) mass is 827 g/mol. The Bertz CT molecular complexity index is 3530. The quantitative estimate of drug-likeness (QED) is 0.147. The van der Waals surface area contributed by atoms with Gasteiger partial charge >= 0.3 is 0 Å². The number of hydrogen-bond acceptors (Lipinski definition) is 1. The molecule has 65 heavy (non-hydrogen) atoms. The second-order valence-corrected chi connectivity index (χ2v) is 17.3. The summed E-state index contributed by atoms with van der Waals surface area (Å²) >= 11 is 0. The van der Waals surface area contributed by atoms with E-state index < -0.39 is 0 Å². The Morgan fingerprint density at radius 1 is 0.308 bits per heavy atom. The van der Waals surface area contributed by atoms with Crippen LogP contribution in [0, 0.1) is 0 Å². The van der Waals surface area contributed by atoms with E-state index in [-0.39, 0.29) is 5.41 Å². The molecular formula is C64H45N. The molecule has 1 unspecified atom stereocenters. The van der Waals surface area contributed by atoms with Crippen LogP contribution in [0.4, 0.5) is 17.1 Å². The molecule has 1 aliphatic carbocycles. The molecule has 0 amide bonds. The van der Waals surface area contributed by atoms with Crippen molar-refractivity contribution in [3.05, 3.63) is 271 Å². The van der Waals surface area contributed by atoms with Crippen LogP contribution in [0.3, 0.4) is 0 Å². The average Bonchev–Trinajstić information content (AvgIpc) is 3.66. The highest BCUT2D eigenvalue weighted by Gasteiger charge is 2.41. The minimum Gasteiger partial charge on any atom is -0.310 e. The minimum absolute atomic E-state index is 0.275. The summed E-state index contributed by atoms with van der Waals surface area (Å²) in [5, 5.41) is 4.91. The van der Waals surface area contributed by atoms with Gasteiger partial charge in [-0.15, -0.1) is 0 Å². The molecule has 0 aromatic heterocycles. The molecule has 306 valence electrons. The summed E-state index contributed by atoms with van der Waals surface area (Å²) in [6, 6.07) is 93.5. The Kier molecular flexibility index (Phi) is 9.35. The Morgan fingerprint density at radius 3 is 1.57 bits per heavy atom. The van der Waals surface area contributed by atoms with Crippen LogP contribution < -0.4 is 4.90 Å². The molecule has 0 fully saturated rings. The van der Waals surface area contributed by atoms with Gasteiger partial charge in [0.1, 0.15) is 0 Å². The average molecular weight is 828 g/mol. The minimum atomic E-state index is -0.275. The maximum Gasteiger partial charge on any atom is 0.0540 e. The zero-order valence-corrected chi connectivity index (χ0v) is 36.2. The number of benzene rings is 11. The van der Waals surface area contributed by atoms with Crippen LogP contribution in [-0.4, -0.2) is 0 Å². The molecule has 0 saturated carbocycles. The van der Waals surface area contributed by atoms with Crippen molar-refractivity contribution < 1.29 is 0 Å². The third-order valence-electron chi connectivity index (χ3n) is 13.8. The first-order valence-corrected chi connectivity index (χ1v) is 22.6. The molecule has 1 heteroatoms. The molecule has 12 rings (SSSR count). The Labute approximate surface area is 381 Å². The van der Waals surface area contributed by atoms with Crippen molar-refractivity contribution in [2.24, 2.45) is 0 Å². The van der Waals surface area contributed by atoms with E-state index in [2.05, 4.69) is 267 Å². The van der Waals surface area contributed by atoms with Gasteiger partial charge in [0.25, 0.3) is 0 Å². The summed E-state index contributed by atoms with van der Waals surface area (Å²) in [6.45, 7) is 2.40. The van der Waals surface area contributed by atoms with Crippen LogP contribution in [0.15, 0.2) is 255 Å². The van der Waals surface area contributed by atoms with Crippen LogP contribution >= 0.6 is 0 Å². The van der Waals surface area contributed by atoms with Crippen molar-refractivity contribution in [1.29, 1.82) is 0 Å². The lowest BCUT2D eigenvalue weighted by molar-refractivity contribution is 0.714. The third-order valence-corrected chi connectivity index (χ3v) is 13.8. The summed E-state index contributed by atoms with van der Waals surface area (Å²) in [6.07, 6.45) is 0. The van der Waals surface area contributed by atoms with E-state index in [1.165, 1.54) is 93.9 Å². The molecule has 0 saturated heterocycles. The molecule has 11 aromatic rings. The highest BCUT2D eigenvalue weighted by molar-refractivity contribution is 6.09. The lowest BCUT2D eigenvalue weighted by Crippen LogP contribution is -2.22. The van der Waals surface area contributed by atoms with E-state index in [9.17, 15) is 0 Å². The van der Waals surface area contributed by atoms with E-state index in [4.69, 9.17) is 0 Å². The van der Waals surface area contributed by atoms with Crippen molar-refractivity contribution in [3.8, 4) is 55.6 Å². The SMILES string of the molecule is CC1(c2ccccc2)c2ccccc2-c2c(-c3ccc(N(c4ccc(-c5cccc(-c6ccccc6)c5)cc4)c4ccc(-c5cccc6ccccc56)cc4)c4ccccc34)cccc21. The smallest absolute Gasteiger partial charge is 0.0540 e. The van der Waals surface area contributed by atoms with E-state index in [0.29, 0.717) is 0 Å². The molecule has 11 aromatic carbocycles. The summed E-state index contributed by atoms with van der Waals surface area (Å²) < 4.78 is 0. The number of anilines is 3. The molecule has 1 atom stereocenters. The summed E-state index contributed by atoms with van der Waals surface area (Å²) in [4.78, 5) is 2.43. The number of rotatable bonds is 8. The first-order chi connectivity index (χ1) is 32.1. The standard InChI is InChI=1S/C64H45N/c1-64(50-23-6-3-7-24-50)60-31-13-12-28-59(60)63-58(30-16-32-61(63)64)56-41-42-62(57-27-11-10-26-55(56)57)65(52-39-35-47(36-40-52)54-29-15-20-46-19-8-9-25-53(46)54)51-37-33-45(34-38-51)49-22-14-21-48(43-49)44-17-4-2-5-18-44/h2-43H,1H3. The summed E-state index contributed by atoms with van der Waals surface area (Å²) in [5.41, 5.74) is 19.4. The molecule has 0 radical (unpaired) electrons. The van der Waals surface area contributed by atoms with Crippen molar-refractivity contribution >= 4 is 38.6 Å². The van der Waals surface area contributed by atoms with Gasteiger partial charge in [-0.2, -0.15) is 0 Å². The van der Waals surface area contributed by atoms with Gasteiger partial charge in [-0.05, 0) is 132 Å². The van der Waals surface area contributed by atoms with Gasteiger partial charge in [-0.1, -0.05) is 218 Å². The molecule has 0 N–H and O–H groups in total. The highest BCUT2D eigenvalue weighted by atomic mass is 15.1. The Balaban J connectivity index is 1.01. The second kappa shape index (κ2) is 15.8. The molecule has 1 aliphatic rings. The van der Waals surface area contributed by atoms with Gasteiger partial charge in [-0.25, -0.2) is 0 Å². The predicted octanol–water partition coefficient (Wildman–Crippen LogP) is 17.5. The Morgan fingerprint density at radius 2 is 0.815 bits per heavy atom. The van der Waals surface area contributed by atoms with Gasteiger partial charge in [0.2, 0.25) is 0 Å². The number of fused-ring (bicyclic) bond motifs is 5. The van der Waals surface area contributed by atoms with Gasteiger partial charge in [-0.3, -0.25) is 0 Å². The number of hydrogen-bond donors (Lipinski definition) is 0. The lowest BCUT2D eigenvalue weighted by atomic mass is 9.74. The van der Waals surface area contributed by atoms with E-state index in [1.54, 1.807) is 0 Å². The fraction of sp³-hybridized carbons (Fsp3) is 0.0312. The van der Waals surface area contributed by atoms with Crippen molar-refractivity contribution in [1.82, 2.24) is 0 Å². The van der Waals surface area contributed by atoms with Crippen molar-refractivity contribution in [2.75, 3.05) is 4.90 Å². The van der Waals surface area contributed by atoms with Gasteiger partial charge in [0.05, 0.1) is 5.69 Å². The lowest BCUT2D eigenvalue weighted by Gasteiger charge is -2.29. The molecule has 0 spiro atoms. The first kappa shape index (κ1) is 38.4. The van der Waals surface area contributed by atoms with Gasteiger partial charge in [0.15, 0.2) is 0 Å². The predicted molar refractivity (Wildman–Crippen MR) is 275 cm³/mol. The molecule has 1 nitrogen and oxygen atoms in total. The molecule has 0 aliphatic heterocycles. The van der Waals surface area contributed by atoms with Crippen LogP contribution in [0.5, 0.6) is 0 Å². The normalized spacial score (nSPS) is 14.0. The summed E-state index contributed by atoms with van der Waals surface area (Å²) in [7, 11) is 0. The van der Waals surface area contributed by atoms with E-state index in [1.807, 2.05) is 0 Å². The van der Waals surface area contributed by atoms with Gasteiger partial charge < -0.3 is 4.90 Å². The van der Waals surface area contributed by atoms with Crippen molar-refractivity contribution in [2.45, 2.75) is 12.3 Å². The third kappa shape index (κ3) is 6.47. The molecule has 0 bridgehead atoms. The fourth-order valence-electron chi connectivity index (χ4n) is 10.6.